The normalized spacial score (nSPS) is 10.8. The lowest BCUT2D eigenvalue weighted by molar-refractivity contribution is 0.104. The average Bonchev–Trinajstić information content (AvgIpc) is 2.58. The number of halogens is 1. The van der Waals surface area contributed by atoms with Gasteiger partial charge in [0.05, 0.1) is 6.61 Å². The summed E-state index contributed by atoms with van der Waals surface area (Å²) in [6, 6.07) is 16.9. The minimum absolute atomic E-state index is 0.00185. The van der Waals surface area contributed by atoms with Crippen molar-refractivity contribution in [2.45, 2.75) is 12.8 Å². The summed E-state index contributed by atoms with van der Waals surface area (Å²) in [5, 5.41) is 0. The van der Waals surface area contributed by atoms with Crippen LogP contribution in [0.5, 0.6) is 5.75 Å². The lowest BCUT2D eigenvalue weighted by Crippen LogP contribution is -1.97. The molecule has 2 aromatic rings. The van der Waals surface area contributed by atoms with Crippen LogP contribution in [0.15, 0.2) is 60.7 Å². The fraction of sp³-hybridized carbons (Fsp3) is 0.211. The Morgan fingerprint density at radius 1 is 1.00 bits per heavy atom. The highest BCUT2D eigenvalue weighted by Crippen LogP contribution is 2.14. The van der Waals surface area contributed by atoms with Crippen molar-refractivity contribution >= 4 is 23.5 Å². The summed E-state index contributed by atoms with van der Waals surface area (Å²) in [6.07, 6.45) is 5.32. The first kappa shape index (κ1) is 16.3. The van der Waals surface area contributed by atoms with E-state index in [2.05, 4.69) is 0 Å². The molecule has 0 aliphatic carbocycles. The number of alkyl halides is 1. The number of carbonyl (C=O) groups excluding carboxylic acids is 1. The summed E-state index contributed by atoms with van der Waals surface area (Å²) in [5.74, 6) is 1.51. The van der Waals surface area contributed by atoms with Crippen LogP contribution in [0, 0.1) is 0 Å². The molecule has 2 aromatic carbocycles. The molecule has 0 atom stereocenters. The van der Waals surface area contributed by atoms with Crippen molar-refractivity contribution in [2.24, 2.45) is 0 Å². The molecule has 0 saturated carbocycles. The van der Waals surface area contributed by atoms with E-state index < -0.39 is 0 Å². The summed E-state index contributed by atoms with van der Waals surface area (Å²) in [5.41, 5.74) is 1.66. The lowest BCUT2D eigenvalue weighted by atomic mass is 10.1. The standard InChI is InChI=1S/C19H19ClO2/c20-14-4-5-15-22-18-11-8-16(9-12-18)10-13-19(21)17-6-2-1-3-7-17/h1-3,6-13H,4-5,14-15H2/b13-10+. The van der Waals surface area contributed by atoms with E-state index in [9.17, 15) is 4.79 Å². The van der Waals surface area contributed by atoms with Crippen LogP contribution < -0.4 is 4.74 Å². The summed E-state index contributed by atoms with van der Waals surface area (Å²) in [7, 11) is 0. The van der Waals surface area contributed by atoms with Crippen molar-refractivity contribution < 1.29 is 9.53 Å². The van der Waals surface area contributed by atoms with E-state index >= 15 is 0 Å². The number of allylic oxidation sites excluding steroid dienone is 1. The first-order valence-electron chi connectivity index (χ1n) is 7.36. The highest BCUT2D eigenvalue weighted by atomic mass is 35.5. The third-order valence-corrected chi connectivity index (χ3v) is 3.43. The number of hydrogen-bond donors (Lipinski definition) is 0. The second-order valence-electron chi connectivity index (χ2n) is 4.88. The topological polar surface area (TPSA) is 26.3 Å². The molecule has 0 saturated heterocycles. The molecule has 0 unspecified atom stereocenters. The Morgan fingerprint density at radius 3 is 2.41 bits per heavy atom. The molecule has 0 fully saturated rings. The Morgan fingerprint density at radius 2 is 1.73 bits per heavy atom. The predicted octanol–water partition coefficient (Wildman–Crippen LogP) is 4.98. The molecular weight excluding hydrogens is 296 g/mol. The number of hydrogen-bond acceptors (Lipinski definition) is 2. The van der Waals surface area contributed by atoms with Gasteiger partial charge in [0.15, 0.2) is 5.78 Å². The van der Waals surface area contributed by atoms with Gasteiger partial charge < -0.3 is 4.74 Å². The largest absolute Gasteiger partial charge is 0.494 e. The Hall–Kier alpha value is -2.06. The second-order valence-corrected chi connectivity index (χ2v) is 5.26. The number of benzene rings is 2. The molecule has 0 spiro atoms. The number of unbranched alkanes of at least 4 members (excludes halogenated alkanes) is 1. The van der Waals surface area contributed by atoms with Crippen LogP contribution in [0.1, 0.15) is 28.8 Å². The first-order chi connectivity index (χ1) is 10.8. The Bertz CT molecular complexity index is 603. The number of carbonyl (C=O) groups is 1. The molecule has 0 amide bonds. The van der Waals surface area contributed by atoms with E-state index in [1.165, 1.54) is 0 Å². The fourth-order valence-electron chi connectivity index (χ4n) is 1.93. The maximum atomic E-state index is 12.0. The van der Waals surface area contributed by atoms with E-state index in [-0.39, 0.29) is 5.78 Å². The Kier molecular flexibility index (Phi) is 6.72. The van der Waals surface area contributed by atoms with Gasteiger partial charge in [-0.15, -0.1) is 11.6 Å². The Labute approximate surface area is 136 Å². The van der Waals surface area contributed by atoms with Gasteiger partial charge in [-0.2, -0.15) is 0 Å². The van der Waals surface area contributed by atoms with E-state index in [1.54, 1.807) is 6.08 Å². The van der Waals surface area contributed by atoms with Gasteiger partial charge in [-0.1, -0.05) is 48.5 Å². The fourth-order valence-corrected chi connectivity index (χ4v) is 2.12. The summed E-state index contributed by atoms with van der Waals surface area (Å²) in [4.78, 5) is 12.0. The second kappa shape index (κ2) is 9.06. The summed E-state index contributed by atoms with van der Waals surface area (Å²) in [6.45, 7) is 0.675. The van der Waals surface area contributed by atoms with Crippen molar-refractivity contribution in [1.29, 1.82) is 0 Å². The molecule has 0 aromatic heterocycles. The van der Waals surface area contributed by atoms with Gasteiger partial charge in [-0.25, -0.2) is 0 Å². The van der Waals surface area contributed by atoms with Gasteiger partial charge in [0.2, 0.25) is 0 Å². The van der Waals surface area contributed by atoms with Crippen molar-refractivity contribution in [2.75, 3.05) is 12.5 Å². The van der Waals surface area contributed by atoms with E-state index in [4.69, 9.17) is 16.3 Å². The lowest BCUT2D eigenvalue weighted by Gasteiger charge is -2.05. The monoisotopic (exact) mass is 314 g/mol. The summed E-state index contributed by atoms with van der Waals surface area (Å²) < 4.78 is 5.61. The zero-order valence-electron chi connectivity index (χ0n) is 12.4. The molecule has 0 heterocycles. The third kappa shape index (κ3) is 5.38. The van der Waals surface area contributed by atoms with Crippen LogP contribution in [0.2, 0.25) is 0 Å². The number of ketones is 1. The van der Waals surface area contributed by atoms with Crippen molar-refractivity contribution in [3.8, 4) is 5.75 Å². The first-order valence-corrected chi connectivity index (χ1v) is 7.89. The van der Waals surface area contributed by atoms with E-state index in [0.717, 1.165) is 24.2 Å². The third-order valence-electron chi connectivity index (χ3n) is 3.16. The molecule has 0 bridgehead atoms. The average molecular weight is 315 g/mol. The van der Waals surface area contributed by atoms with Crippen LogP contribution in [0.25, 0.3) is 6.08 Å². The molecular formula is C19H19ClO2. The maximum absolute atomic E-state index is 12.0. The predicted molar refractivity (Wildman–Crippen MR) is 91.7 cm³/mol. The highest BCUT2D eigenvalue weighted by molar-refractivity contribution is 6.17. The smallest absolute Gasteiger partial charge is 0.185 e. The summed E-state index contributed by atoms with van der Waals surface area (Å²) >= 11 is 5.62. The van der Waals surface area contributed by atoms with Crippen molar-refractivity contribution in [1.82, 2.24) is 0 Å². The van der Waals surface area contributed by atoms with Crippen molar-refractivity contribution in [3.05, 3.63) is 71.8 Å². The zero-order valence-corrected chi connectivity index (χ0v) is 13.1. The van der Waals surface area contributed by atoms with Gasteiger partial charge in [0.1, 0.15) is 5.75 Å². The highest BCUT2D eigenvalue weighted by Gasteiger charge is 1.99. The van der Waals surface area contributed by atoms with Gasteiger partial charge in [0, 0.05) is 11.4 Å². The minimum Gasteiger partial charge on any atom is -0.494 e. The molecule has 0 N–H and O–H groups in total. The number of ether oxygens (including phenoxy) is 1. The van der Waals surface area contributed by atoms with Crippen LogP contribution in [0.4, 0.5) is 0 Å². The molecule has 2 rings (SSSR count). The van der Waals surface area contributed by atoms with Gasteiger partial charge in [-0.05, 0) is 36.6 Å². The van der Waals surface area contributed by atoms with Crippen molar-refractivity contribution in [3.63, 3.8) is 0 Å². The Balaban J connectivity index is 1.88. The molecule has 0 radical (unpaired) electrons. The quantitative estimate of drug-likeness (QED) is 0.297. The van der Waals surface area contributed by atoms with Gasteiger partial charge in [0.25, 0.3) is 0 Å². The van der Waals surface area contributed by atoms with E-state index in [0.29, 0.717) is 18.1 Å². The molecule has 3 heteroatoms. The molecule has 0 aliphatic rings. The van der Waals surface area contributed by atoms with Gasteiger partial charge >= 0.3 is 0 Å². The van der Waals surface area contributed by atoms with Crippen LogP contribution in [-0.4, -0.2) is 18.3 Å². The molecule has 114 valence electrons. The molecule has 0 aliphatic heterocycles. The van der Waals surface area contributed by atoms with Crippen LogP contribution in [0.3, 0.4) is 0 Å². The molecule has 22 heavy (non-hydrogen) atoms. The van der Waals surface area contributed by atoms with Crippen LogP contribution in [-0.2, 0) is 0 Å². The number of rotatable bonds is 8. The van der Waals surface area contributed by atoms with E-state index in [1.807, 2.05) is 60.7 Å². The maximum Gasteiger partial charge on any atom is 0.185 e. The van der Waals surface area contributed by atoms with Gasteiger partial charge in [-0.3, -0.25) is 4.79 Å². The minimum atomic E-state index is 0.00185. The van der Waals surface area contributed by atoms with Crippen LogP contribution >= 0.6 is 11.6 Å². The molecule has 2 nitrogen and oxygen atoms in total. The zero-order chi connectivity index (χ0) is 15.6. The SMILES string of the molecule is O=C(/C=C/c1ccc(OCCCCCl)cc1)c1ccccc1.